The van der Waals surface area contributed by atoms with Gasteiger partial charge in [-0.15, -0.1) is 0 Å². The predicted molar refractivity (Wildman–Crippen MR) is 122 cm³/mol. The van der Waals surface area contributed by atoms with Crippen molar-refractivity contribution in [1.29, 1.82) is 0 Å². The fraction of sp³-hybridized carbons (Fsp3) is 0.652. The summed E-state index contributed by atoms with van der Waals surface area (Å²) in [5, 5.41) is 5.96. The Labute approximate surface area is 181 Å². The van der Waals surface area contributed by atoms with Crippen molar-refractivity contribution in [3.8, 4) is 0 Å². The number of ether oxygens (including phenoxy) is 1. The number of amides is 2. The summed E-state index contributed by atoms with van der Waals surface area (Å²) >= 11 is 0. The molecule has 0 atom stereocenters. The van der Waals surface area contributed by atoms with Gasteiger partial charge >= 0.3 is 0 Å². The van der Waals surface area contributed by atoms with Gasteiger partial charge in [0.05, 0.1) is 18.8 Å². The molecule has 0 bridgehead atoms. The number of carbonyl (C=O) groups is 2. The molecule has 0 aromatic heterocycles. The minimum atomic E-state index is -0.111. The number of rotatable bonds is 12. The molecule has 30 heavy (non-hydrogen) atoms. The van der Waals surface area contributed by atoms with Crippen LogP contribution >= 0.6 is 0 Å². The second kappa shape index (κ2) is 13.2. The Bertz CT molecular complexity index is 672. The second-order valence-corrected chi connectivity index (χ2v) is 8.05. The van der Waals surface area contributed by atoms with Gasteiger partial charge in [0.15, 0.2) is 0 Å². The lowest BCUT2D eigenvalue weighted by molar-refractivity contribution is -0.116. The molecule has 1 fully saturated rings. The molecule has 168 valence electrons. The average Bonchev–Trinajstić information content (AvgIpc) is 2.74. The average molecular weight is 419 g/mol. The predicted octanol–water partition coefficient (Wildman–Crippen LogP) is 3.11. The van der Waals surface area contributed by atoms with Gasteiger partial charge in [0.25, 0.3) is 5.91 Å². The van der Waals surface area contributed by atoms with Gasteiger partial charge in [-0.25, -0.2) is 0 Å². The topological polar surface area (TPSA) is 73.9 Å². The SMILES string of the molecule is CCCCCCC(=O)Nc1ccc(N(C)C)c(C(=O)NCCCN2CCOCC2)c1. The molecular formula is C23H38N4O3. The minimum absolute atomic E-state index is 0.000533. The van der Waals surface area contributed by atoms with E-state index < -0.39 is 0 Å². The number of carbonyl (C=O) groups excluding carboxylic acids is 2. The van der Waals surface area contributed by atoms with E-state index in [0.717, 1.165) is 70.6 Å². The highest BCUT2D eigenvalue weighted by Gasteiger charge is 2.15. The molecule has 7 nitrogen and oxygen atoms in total. The maximum atomic E-state index is 12.8. The van der Waals surface area contributed by atoms with Crippen LogP contribution in [0.15, 0.2) is 18.2 Å². The summed E-state index contributed by atoms with van der Waals surface area (Å²) in [5.41, 5.74) is 2.08. The summed E-state index contributed by atoms with van der Waals surface area (Å²) in [6.45, 7) is 7.22. The largest absolute Gasteiger partial charge is 0.379 e. The summed E-state index contributed by atoms with van der Waals surface area (Å²) in [5.74, 6) is -0.111. The van der Waals surface area contributed by atoms with Crippen molar-refractivity contribution in [1.82, 2.24) is 10.2 Å². The van der Waals surface area contributed by atoms with Gasteiger partial charge in [-0.05, 0) is 37.6 Å². The van der Waals surface area contributed by atoms with Crippen LogP contribution in [0, 0.1) is 0 Å². The number of unbranched alkanes of at least 4 members (excludes halogenated alkanes) is 3. The lowest BCUT2D eigenvalue weighted by atomic mass is 10.1. The molecule has 7 heteroatoms. The van der Waals surface area contributed by atoms with Crippen LogP contribution in [0.5, 0.6) is 0 Å². The van der Waals surface area contributed by atoms with Crippen LogP contribution in [0.1, 0.15) is 55.8 Å². The molecule has 0 saturated carbocycles. The van der Waals surface area contributed by atoms with E-state index in [9.17, 15) is 9.59 Å². The highest BCUT2D eigenvalue weighted by Crippen LogP contribution is 2.23. The van der Waals surface area contributed by atoms with Gasteiger partial charge in [0.2, 0.25) is 5.91 Å². The zero-order valence-electron chi connectivity index (χ0n) is 18.8. The van der Waals surface area contributed by atoms with Gasteiger partial charge in [-0.3, -0.25) is 14.5 Å². The summed E-state index contributed by atoms with van der Waals surface area (Å²) in [4.78, 5) is 29.3. The molecule has 2 rings (SSSR count). The number of benzene rings is 1. The van der Waals surface area contributed by atoms with Crippen LogP contribution in [0.4, 0.5) is 11.4 Å². The number of hydrogen-bond acceptors (Lipinski definition) is 5. The summed E-state index contributed by atoms with van der Waals surface area (Å²) in [6.07, 6.45) is 5.68. The molecule has 0 unspecified atom stereocenters. The van der Waals surface area contributed by atoms with Gasteiger partial charge < -0.3 is 20.3 Å². The summed E-state index contributed by atoms with van der Waals surface area (Å²) in [7, 11) is 3.83. The normalized spacial score (nSPS) is 14.4. The quantitative estimate of drug-likeness (QED) is 0.510. The van der Waals surface area contributed by atoms with Crippen LogP contribution in [0.3, 0.4) is 0 Å². The summed E-state index contributed by atoms with van der Waals surface area (Å²) in [6, 6.07) is 5.51. The van der Waals surface area contributed by atoms with E-state index >= 15 is 0 Å². The van der Waals surface area contributed by atoms with Gasteiger partial charge in [0, 0.05) is 51.5 Å². The second-order valence-electron chi connectivity index (χ2n) is 8.05. The van der Waals surface area contributed by atoms with Gasteiger partial charge in [-0.1, -0.05) is 26.2 Å². The van der Waals surface area contributed by atoms with Crippen molar-refractivity contribution < 1.29 is 14.3 Å². The lowest BCUT2D eigenvalue weighted by Crippen LogP contribution is -2.38. The molecule has 0 spiro atoms. The van der Waals surface area contributed by atoms with E-state index in [-0.39, 0.29) is 11.8 Å². The van der Waals surface area contributed by atoms with E-state index in [2.05, 4.69) is 22.5 Å². The van der Waals surface area contributed by atoms with Crippen LogP contribution in [-0.4, -0.2) is 70.2 Å². The number of anilines is 2. The van der Waals surface area contributed by atoms with E-state index in [0.29, 0.717) is 24.2 Å². The molecule has 1 aliphatic rings. The molecule has 2 N–H and O–H groups in total. The van der Waals surface area contributed by atoms with Crippen LogP contribution < -0.4 is 15.5 Å². The first kappa shape index (κ1) is 24.2. The molecule has 0 aliphatic carbocycles. The Morgan fingerprint density at radius 3 is 2.57 bits per heavy atom. The Kier molecular flexibility index (Phi) is 10.7. The molecule has 1 aromatic carbocycles. The first-order valence-electron chi connectivity index (χ1n) is 11.2. The molecule has 2 amide bonds. The number of hydrogen-bond donors (Lipinski definition) is 2. The zero-order valence-corrected chi connectivity index (χ0v) is 18.8. The third-order valence-corrected chi connectivity index (χ3v) is 5.30. The van der Waals surface area contributed by atoms with E-state index in [1.54, 1.807) is 6.07 Å². The van der Waals surface area contributed by atoms with Crippen LogP contribution in [0.25, 0.3) is 0 Å². The van der Waals surface area contributed by atoms with Crippen LogP contribution in [0.2, 0.25) is 0 Å². The first-order chi connectivity index (χ1) is 14.5. The van der Waals surface area contributed by atoms with Gasteiger partial charge in [0.1, 0.15) is 0 Å². The smallest absolute Gasteiger partial charge is 0.253 e. The highest BCUT2D eigenvalue weighted by atomic mass is 16.5. The Balaban J connectivity index is 1.89. The van der Waals surface area contributed by atoms with E-state index in [4.69, 9.17) is 4.74 Å². The molecule has 1 heterocycles. The molecule has 1 saturated heterocycles. The molecule has 0 radical (unpaired) electrons. The van der Waals surface area contributed by atoms with E-state index in [1.807, 2.05) is 31.1 Å². The van der Waals surface area contributed by atoms with Crippen molar-refractivity contribution >= 4 is 23.2 Å². The number of morpholine rings is 1. The monoisotopic (exact) mass is 418 g/mol. The standard InChI is InChI=1S/C23H38N4O3/c1-4-5-6-7-9-22(28)25-19-10-11-21(26(2)3)20(18-19)23(29)24-12-8-13-27-14-16-30-17-15-27/h10-11,18H,4-9,12-17H2,1-3H3,(H,24,29)(H,25,28). The highest BCUT2D eigenvalue weighted by molar-refractivity contribution is 6.02. The third kappa shape index (κ3) is 8.32. The van der Waals surface area contributed by atoms with E-state index in [1.165, 1.54) is 0 Å². The molecule has 1 aromatic rings. The Morgan fingerprint density at radius 1 is 1.10 bits per heavy atom. The zero-order chi connectivity index (χ0) is 21.8. The summed E-state index contributed by atoms with van der Waals surface area (Å²) < 4.78 is 5.36. The fourth-order valence-electron chi connectivity index (χ4n) is 3.55. The molecular weight excluding hydrogens is 380 g/mol. The van der Waals surface area contributed by atoms with Gasteiger partial charge in [-0.2, -0.15) is 0 Å². The maximum absolute atomic E-state index is 12.8. The molecule has 1 aliphatic heterocycles. The fourth-order valence-corrected chi connectivity index (χ4v) is 3.55. The Hall–Kier alpha value is -2.12. The number of nitrogens with one attached hydrogen (secondary N) is 2. The van der Waals surface area contributed by atoms with Crippen molar-refractivity contribution in [2.45, 2.75) is 45.4 Å². The van der Waals surface area contributed by atoms with Crippen molar-refractivity contribution in [2.75, 3.05) is 63.7 Å². The third-order valence-electron chi connectivity index (χ3n) is 5.30. The lowest BCUT2D eigenvalue weighted by Gasteiger charge is -2.26. The minimum Gasteiger partial charge on any atom is -0.379 e. The maximum Gasteiger partial charge on any atom is 0.253 e. The van der Waals surface area contributed by atoms with Crippen molar-refractivity contribution in [2.24, 2.45) is 0 Å². The Morgan fingerprint density at radius 2 is 1.87 bits per heavy atom. The van der Waals surface area contributed by atoms with Crippen molar-refractivity contribution in [3.63, 3.8) is 0 Å². The number of nitrogens with zero attached hydrogens (tertiary/aromatic N) is 2. The first-order valence-corrected chi connectivity index (χ1v) is 11.2. The van der Waals surface area contributed by atoms with Crippen LogP contribution in [-0.2, 0) is 9.53 Å². The van der Waals surface area contributed by atoms with Crippen molar-refractivity contribution in [3.05, 3.63) is 23.8 Å².